The van der Waals surface area contributed by atoms with Gasteiger partial charge in [0.1, 0.15) is 29.2 Å². The number of ketones is 4. The number of nitriles is 2. The van der Waals surface area contributed by atoms with Gasteiger partial charge in [-0.3, -0.25) is 19.2 Å². The van der Waals surface area contributed by atoms with Crippen LogP contribution in [0.5, 0.6) is 5.75 Å². The van der Waals surface area contributed by atoms with E-state index in [1.165, 1.54) is 13.8 Å². The second-order valence-corrected chi connectivity index (χ2v) is 8.35. The lowest BCUT2D eigenvalue weighted by atomic mass is 9.86. The zero-order valence-corrected chi connectivity index (χ0v) is 20.6. The summed E-state index contributed by atoms with van der Waals surface area (Å²) in [4.78, 5) is 46.3. The fourth-order valence-corrected chi connectivity index (χ4v) is 3.17. The summed E-state index contributed by atoms with van der Waals surface area (Å²) in [6, 6.07) is 19.2. The van der Waals surface area contributed by atoms with Crippen LogP contribution in [0, 0.1) is 40.4 Å². The number of hydrogen-bond donors (Lipinski definition) is 0. The van der Waals surface area contributed by atoms with Crippen molar-refractivity contribution in [1.82, 2.24) is 0 Å². The summed E-state index contributed by atoms with van der Waals surface area (Å²) in [7, 11) is 0. The van der Waals surface area contributed by atoms with Gasteiger partial charge in [0.05, 0.1) is 18.2 Å². The average Bonchev–Trinajstić information content (AvgIpc) is 2.82. The molecule has 3 unspecified atom stereocenters. The third kappa shape index (κ3) is 9.35. The van der Waals surface area contributed by atoms with E-state index in [0.29, 0.717) is 16.9 Å². The predicted octanol–water partition coefficient (Wildman–Crippen LogP) is 5.01. The Morgan fingerprint density at radius 2 is 1.43 bits per heavy atom. The maximum absolute atomic E-state index is 12.0. The summed E-state index contributed by atoms with van der Waals surface area (Å²) < 4.78 is 5.50. The summed E-state index contributed by atoms with van der Waals surface area (Å²) in [6.45, 7) is 8.07. The lowest BCUT2D eigenvalue weighted by Gasteiger charge is -2.13. The van der Waals surface area contributed by atoms with Crippen LogP contribution in [0.15, 0.2) is 54.6 Å². The first-order valence-corrected chi connectivity index (χ1v) is 11.2. The van der Waals surface area contributed by atoms with E-state index in [4.69, 9.17) is 15.3 Å². The maximum atomic E-state index is 12.0. The van der Waals surface area contributed by atoms with E-state index in [1.807, 2.05) is 32.1 Å². The van der Waals surface area contributed by atoms with Gasteiger partial charge in [-0.2, -0.15) is 10.5 Å². The molecule has 2 aromatic carbocycles. The Kier molecular flexibility index (Phi) is 11.8. The van der Waals surface area contributed by atoms with Crippen molar-refractivity contribution in [1.29, 1.82) is 10.5 Å². The van der Waals surface area contributed by atoms with E-state index in [9.17, 15) is 19.2 Å². The molecule has 0 amide bonds. The minimum absolute atomic E-state index is 0.0226. The van der Waals surface area contributed by atoms with Gasteiger partial charge in [0.25, 0.3) is 0 Å². The highest BCUT2D eigenvalue weighted by molar-refractivity contribution is 6.01. The summed E-state index contributed by atoms with van der Waals surface area (Å²) in [5.41, 5.74) is 0.996. The molecule has 2 aromatic rings. The number of rotatable bonds is 10. The van der Waals surface area contributed by atoms with E-state index in [-0.39, 0.29) is 35.7 Å². The van der Waals surface area contributed by atoms with E-state index in [1.54, 1.807) is 55.5 Å². The molecular formula is C28H30N2O5. The molecule has 0 heterocycles. The second kappa shape index (κ2) is 14.2. The third-order valence-corrected chi connectivity index (χ3v) is 5.11. The zero-order chi connectivity index (χ0) is 26.5. The third-order valence-electron chi connectivity index (χ3n) is 5.11. The fourth-order valence-electron chi connectivity index (χ4n) is 3.17. The minimum atomic E-state index is -0.873. The van der Waals surface area contributed by atoms with Gasteiger partial charge in [-0.1, -0.05) is 49.4 Å². The monoisotopic (exact) mass is 474 g/mol. The molecule has 3 atom stereocenters. The Bertz CT molecular complexity index is 1130. The van der Waals surface area contributed by atoms with Crippen molar-refractivity contribution in [3.63, 3.8) is 0 Å². The van der Waals surface area contributed by atoms with Gasteiger partial charge in [-0.15, -0.1) is 0 Å². The second-order valence-electron chi connectivity index (χ2n) is 8.35. The van der Waals surface area contributed by atoms with Crippen molar-refractivity contribution in [3.8, 4) is 17.9 Å². The molecule has 0 saturated carbocycles. The lowest BCUT2D eigenvalue weighted by Crippen LogP contribution is -2.25. The van der Waals surface area contributed by atoms with Crippen LogP contribution >= 0.6 is 0 Å². The van der Waals surface area contributed by atoms with Crippen molar-refractivity contribution >= 4 is 23.1 Å². The molecule has 0 aliphatic rings. The molecule has 0 fully saturated rings. The Hall–Kier alpha value is -4.10. The van der Waals surface area contributed by atoms with E-state index >= 15 is 0 Å². The maximum Gasteiger partial charge on any atom is 0.167 e. The Balaban J connectivity index is 0.000000355. The Morgan fingerprint density at radius 1 is 0.829 bits per heavy atom. The molecule has 0 spiro atoms. The molecule has 0 bridgehead atoms. The summed E-state index contributed by atoms with van der Waals surface area (Å²) in [6.07, 6.45) is -0.0637. The van der Waals surface area contributed by atoms with E-state index in [2.05, 4.69) is 0 Å². The van der Waals surface area contributed by atoms with Crippen molar-refractivity contribution in [2.24, 2.45) is 17.8 Å². The summed E-state index contributed by atoms with van der Waals surface area (Å²) in [5.74, 6) is -2.65. The van der Waals surface area contributed by atoms with Gasteiger partial charge in [0.2, 0.25) is 0 Å². The highest BCUT2D eigenvalue weighted by atomic mass is 16.5. The molecule has 182 valence electrons. The van der Waals surface area contributed by atoms with Gasteiger partial charge in [-0.25, -0.2) is 0 Å². The smallest absolute Gasteiger partial charge is 0.167 e. The number of carbonyl (C=O) groups is 4. The average molecular weight is 475 g/mol. The molecule has 7 heteroatoms. The number of benzene rings is 2. The number of nitrogens with zero attached hydrogens (tertiary/aromatic N) is 2. The normalized spacial score (nSPS) is 12.6. The Labute approximate surface area is 206 Å². The predicted molar refractivity (Wildman–Crippen MR) is 131 cm³/mol. The number of Topliss-reactive ketones (excluding diaryl/α,β-unsaturated/α-hetero) is 4. The van der Waals surface area contributed by atoms with Crippen molar-refractivity contribution in [3.05, 3.63) is 65.7 Å². The molecule has 0 radical (unpaired) electrons. The molecule has 2 rings (SSSR count). The standard InChI is InChI=1S/C15H17NO3.C13H13NO2/c1-10(2)19-14-6-4-5-12(7-14)15(18)8-13(9-16)11(3)17;1-9(12(8-14)10(2)15)13(16)11-6-4-3-5-7-11/h4-7,10,13H,8H2,1-3H3;3-7,9,12H,1-2H3. The molecule has 0 N–H and O–H groups in total. The van der Waals surface area contributed by atoms with Gasteiger partial charge in [0, 0.05) is 23.5 Å². The highest BCUT2D eigenvalue weighted by Gasteiger charge is 2.28. The van der Waals surface area contributed by atoms with Gasteiger partial charge < -0.3 is 4.74 Å². The van der Waals surface area contributed by atoms with E-state index < -0.39 is 17.8 Å². The van der Waals surface area contributed by atoms with Crippen LogP contribution in [0.4, 0.5) is 0 Å². The molecule has 0 aliphatic heterocycles. The number of carbonyl (C=O) groups excluding carboxylic acids is 4. The molecule has 35 heavy (non-hydrogen) atoms. The van der Waals surface area contributed by atoms with Gasteiger partial charge in [-0.05, 0) is 39.8 Å². The first-order valence-electron chi connectivity index (χ1n) is 11.2. The van der Waals surface area contributed by atoms with Crippen LogP contribution in [0.1, 0.15) is 61.8 Å². The fraction of sp³-hybridized carbons (Fsp3) is 0.357. The molecule has 0 aromatic heterocycles. The van der Waals surface area contributed by atoms with Gasteiger partial charge >= 0.3 is 0 Å². The zero-order valence-electron chi connectivity index (χ0n) is 20.6. The van der Waals surface area contributed by atoms with E-state index in [0.717, 1.165) is 0 Å². The van der Waals surface area contributed by atoms with Crippen LogP contribution in [0.25, 0.3) is 0 Å². The topological polar surface area (TPSA) is 125 Å². The lowest BCUT2D eigenvalue weighted by molar-refractivity contribution is -0.120. The van der Waals surface area contributed by atoms with Crippen LogP contribution < -0.4 is 4.74 Å². The van der Waals surface area contributed by atoms with Crippen molar-refractivity contribution < 1.29 is 23.9 Å². The van der Waals surface area contributed by atoms with Crippen molar-refractivity contribution in [2.45, 2.75) is 47.1 Å². The SMILES string of the molecule is CC(=O)C(C#N)C(C)C(=O)c1ccccc1.CC(=O)C(C#N)CC(=O)c1cccc(OC(C)C)c1. The number of ether oxygens (including phenoxy) is 1. The minimum Gasteiger partial charge on any atom is -0.491 e. The largest absolute Gasteiger partial charge is 0.491 e. The molecule has 7 nitrogen and oxygen atoms in total. The van der Waals surface area contributed by atoms with Crippen molar-refractivity contribution in [2.75, 3.05) is 0 Å². The Morgan fingerprint density at radius 3 is 1.91 bits per heavy atom. The molecular weight excluding hydrogens is 444 g/mol. The first-order chi connectivity index (χ1) is 16.5. The molecule has 0 aliphatic carbocycles. The first kappa shape index (κ1) is 28.9. The summed E-state index contributed by atoms with van der Waals surface area (Å²) in [5, 5.41) is 17.7. The van der Waals surface area contributed by atoms with Crippen LogP contribution in [-0.4, -0.2) is 29.2 Å². The van der Waals surface area contributed by atoms with Crippen LogP contribution in [0.3, 0.4) is 0 Å². The van der Waals surface area contributed by atoms with Crippen LogP contribution in [0.2, 0.25) is 0 Å². The number of hydrogen-bond acceptors (Lipinski definition) is 7. The summed E-state index contributed by atoms with van der Waals surface area (Å²) >= 11 is 0. The van der Waals surface area contributed by atoms with Crippen LogP contribution in [-0.2, 0) is 9.59 Å². The highest BCUT2D eigenvalue weighted by Crippen LogP contribution is 2.19. The quantitative estimate of drug-likeness (QED) is 0.443. The molecule has 0 saturated heterocycles. The van der Waals surface area contributed by atoms with Gasteiger partial charge in [0.15, 0.2) is 11.6 Å².